The first-order valence-corrected chi connectivity index (χ1v) is 11.7. The van der Waals surface area contributed by atoms with Crippen molar-refractivity contribution in [2.75, 3.05) is 49.6 Å². The largest absolute Gasteiger partial charge is 0.379 e. The smallest absolute Gasteiger partial charge is 0.243 e. The number of anilines is 2. The van der Waals surface area contributed by atoms with Gasteiger partial charge in [-0.15, -0.1) is 0 Å². The van der Waals surface area contributed by atoms with Gasteiger partial charge in [-0.1, -0.05) is 11.6 Å². The Bertz CT molecular complexity index is 966. The lowest BCUT2D eigenvalue weighted by Crippen LogP contribution is -2.40. The lowest BCUT2D eigenvalue weighted by atomic mass is 10.2. The van der Waals surface area contributed by atoms with E-state index in [9.17, 15) is 8.42 Å². The van der Waals surface area contributed by atoms with Crippen molar-refractivity contribution in [3.05, 3.63) is 35.4 Å². The highest BCUT2D eigenvalue weighted by molar-refractivity contribution is 7.89. The fraction of sp³-hybridized carbons (Fsp3) is 0.526. The Kier molecular flexibility index (Phi) is 6.00. The molecule has 29 heavy (non-hydrogen) atoms. The Morgan fingerprint density at radius 3 is 2.55 bits per heavy atom. The van der Waals surface area contributed by atoms with E-state index >= 15 is 0 Å². The molecule has 8 nitrogen and oxygen atoms in total. The number of benzene rings is 1. The Morgan fingerprint density at radius 2 is 1.90 bits per heavy atom. The highest BCUT2D eigenvalue weighted by Gasteiger charge is 2.28. The second kappa shape index (κ2) is 8.51. The molecule has 158 valence electrons. The number of sulfonamides is 1. The molecule has 0 saturated carbocycles. The summed E-state index contributed by atoms with van der Waals surface area (Å²) in [5, 5.41) is 3.95. The van der Waals surface area contributed by atoms with Gasteiger partial charge >= 0.3 is 0 Å². The van der Waals surface area contributed by atoms with Crippen LogP contribution in [0.1, 0.15) is 18.7 Å². The molecule has 0 amide bonds. The Balaban J connectivity index is 1.64. The lowest BCUT2D eigenvalue weighted by Gasteiger charge is -2.27. The zero-order chi connectivity index (χ0) is 20.4. The van der Waals surface area contributed by atoms with Gasteiger partial charge in [-0.2, -0.15) is 4.31 Å². The van der Waals surface area contributed by atoms with Crippen molar-refractivity contribution in [1.29, 1.82) is 0 Å². The van der Waals surface area contributed by atoms with Gasteiger partial charge in [0.25, 0.3) is 0 Å². The molecule has 0 unspecified atom stereocenters. The first kappa shape index (κ1) is 20.5. The van der Waals surface area contributed by atoms with E-state index in [-0.39, 0.29) is 0 Å². The summed E-state index contributed by atoms with van der Waals surface area (Å²) in [4.78, 5) is 6.90. The van der Waals surface area contributed by atoms with Crippen molar-refractivity contribution in [3.63, 3.8) is 0 Å². The van der Waals surface area contributed by atoms with Gasteiger partial charge in [0.2, 0.25) is 10.0 Å². The molecule has 2 aliphatic rings. The van der Waals surface area contributed by atoms with E-state index in [1.807, 2.05) is 13.1 Å². The number of hydrogen-bond donors (Lipinski definition) is 1. The van der Waals surface area contributed by atoms with Crippen LogP contribution in [0.2, 0.25) is 5.15 Å². The van der Waals surface area contributed by atoms with Crippen LogP contribution in [0.25, 0.3) is 0 Å². The third-order valence-electron chi connectivity index (χ3n) is 5.49. The fourth-order valence-corrected chi connectivity index (χ4v) is 5.33. The Morgan fingerprint density at radius 1 is 1.17 bits per heavy atom. The SMILES string of the molecule is Cn1c(Cl)cnc1CNc1cc(S(=O)(=O)N2CCOCC2)ccc1N1CCCC1. The van der Waals surface area contributed by atoms with Gasteiger partial charge in [0.05, 0.1) is 42.2 Å². The summed E-state index contributed by atoms with van der Waals surface area (Å²) < 4.78 is 34.8. The molecule has 1 aromatic carbocycles. The standard InChI is InChI=1S/C19H26ClN5O3S/c1-23-18(20)13-22-19(23)14-21-16-12-15(4-5-17(16)24-6-2-3-7-24)29(26,27)25-8-10-28-11-9-25/h4-5,12-13,21H,2-3,6-11,14H2,1H3. The predicted octanol–water partition coefficient (Wildman–Crippen LogP) is 2.31. The van der Waals surface area contributed by atoms with E-state index in [1.165, 1.54) is 4.31 Å². The topological polar surface area (TPSA) is 79.7 Å². The highest BCUT2D eigenvalue weighted by atomic mass is 35.5. The van der Waals surface area contributed by atoms with Gasteiger partial charge in [0.15, 0.2) is 0 Å². The quantitative estimate of drug-likeness (QED) is 0.744. The lowest BCUT2D eigenvalue weighted by molar-refractivity contribution is 0.0730. The molecule has 2 fully saturated rings. The van der Waals surface area contributed by atoms with E-state index in [4.69, 9.17) is 16.3 Å². The van der Waals surface area contributed by atoms with Crippen LogP contribution in [0, 0.1) is 0 Å². The summed E-state index contributed by atoms with van der Waals surface area (Å²) in [6, 6.07) is 5.36. The van der Waals surface area contributed by atoms with Crippen molar-refractivity contribution in [2.45, 2.75) is 24.3 Å². The molecule has 3 heterocycles. The molecular formula is C19H26ClN5O3S. The second-order valence-electron chi connectivity index (χ2n) is 7.30. The number of nitrogens with one attached hydrogen (secondary N) is 1. The van der Waals surface area contributed by atoms with Gasteiger partial charge in [0, 0.05) is 33.2 Å². The van der Waals surface area contributed by atoms with Crippen LogP contribution in [0.15, 0.2) is 29.3 Å². The van der Waals surface area contributed by atoms with Crippen LogP contribution < -0.4 is 10.2 Å². The van der Waals surface area contributed by atoms with Crippen LogP contribution in [0.5, 0.6) is 0 Å². The minimum Gasteiger partial charge on any atom is -0.379 e. The average molecular weight is 440 g/mol. The number of aromatic nitrogens is 2. The number of ether oxygens (including phenoxy) is 1. The molecule has 2 aliphatic heterocycles. The number of imidazole rings is 1. The predicted molar refractivity (Wildman–Crippen MR) is 113 cm³/mol. The van der Waals surface area contributed by atoms with Gasteiger partial charge in [-0.25, -0.2) is 13.4 Å². The van der Waals surface area contributed by atoms with Crippen LogP contribution in [0.4, 0.5) is 11.4 Å². The van der Waals surface area contributed by atoms with E-state index in [1.54, 1.807) is 22.9 Å². The van der Waals surface area contributed by atoms with Crippen LogP contribution >= 0.6 is 11.6 Å². The number of hydrogen-bond acceptors (Lipinski definition) is 6. The molecule has 2 aromatic rings. The zero-order valence-electron chi connectivity index (χ0n) is 16.5. The van der Waals surface area contributed by atoms with Gasteiger partial charge in [0.1, 0.15) is 11.0 Å². The molecule has 1 N–H and O–H groups in total. The van der Waals surface area contributed by atoms with E-state index in [0.717, 1.165) is 43.1 Å². The summed E-state index contributed by atoms with van der Waals surface area (Å²) >= 11 is 6.09. The molecule has 0 bridgehead atoms. The number of morpholine rings is 1. The summed E-state index contributed by atoms with van der Waals surface area (Å²) in [6.07, 6.45) is 3.89. The van der Waals surface area contributed by atoms with Crippen LogP contribution in [0.3, 0.4) is 0 Å². The molecule has 0 spiro atoms. The van der Waals surface area contributed by atoms with Gasteiger partial charge in [-0.05, 0) is 31.0 Å². The van der Waals surface area contributed by atoms with Gasteiger partial charge < -0.3 is 19.5 Å². The van der Waals surface area contributed by atoms with Crippen molar-refractivity contribution in [1.82, 2.24) is 13.9 Å². The average Bonchev–Trinajstić information content (AvgIpc) is 3.38. The molecule has 10 heteroatoms. The number of nitrogens with zero attached hydrogens (tertiary/aromatic N) is 4. The van der Waals surface area contributed by atoms with Crippen LogP contribution in [-0.4, -0.2) is 61.7 Å². The van der Waals surface area contributed by atoms with E-state index < -0.39 is 10.0 Å². The molecule has 0 atom stereocenters. The Labute approximate surface area is 176 Å². The number of halogens is 1. The molecule has 2 saturated heterocycles. The highest BCUT2D eigenvalue weighted by Crippen LogP contribution is 2.33. The first-order chi connectivity index (χ1) is 14.0. The molecule has 0 aliphatic carbocycles. The summed E-state index contributed by atoms with van der Waals surface area (Å²) in [6.45, 7) is 4.00. The van der Waals surface area contributed by atoms with E-state index in [2.05, 4.69) is 15.2 Å². The first-order valence-electron chi connectivity index (χ1n) is 9.83. The summed E-state index contributed by atoms with van der Waals surface area (Å²) in [7, 11) is -1.70. The maximum Gasteiger partial charge on any atom is 0.243 e. The Hall–Kier alpha value is -1.81. The maximum atomic E-state index is 13.1. The summed E-state index contributed by atoms with van der Waals surface area (Å²) in [5.74, 6) is 0.781. The zero-order valence-corrected chi connectivity index (χ0v) is 18.0. The molecule has 0 radical (unpaired) electrons. The van der Waals surface area contributed by atoms with Crippen molar-refractivity contribution in [2.24, 2.45) is 7.05 Å². The third-order valence-corrected chi connectivity index (χ3v) is 7.73. The molecular weight excluding hydrogens is 414 g/mol. The normalized spacial score (nSPS) is 18.3. The van der Waals surface area contributed by atoms with Crippen molar-refractivity contribution >= 4 is 33.0 Å². The minimum atomic E-state index is -3.56. The molecule has 4 rings (SSSR count). The minimum absolute atomic E-state index is 0.294. The van der Waals surface area contributed by atoms with Gasteiger partial charge in [-0.3, -0.25) is 0 Å². The fourth-order valence-electron chi connectivity index (χ4n) is 3.75. The summed E-state index contributed by atoms with van der Waals surface area (Å²) in [5.41, 5.74) is 1.81. The van der Waals surface area contributed by atoms with E-state index in [0.29, 0.717) is 42.9 Å². The second-order valence-corrected chi connectivity index (χ2v) is 9.62. The number of rotatable bonds is 6. The monoisotopic (exact) mass is 439 g/mol. The van der Waals surface area contributed by atoms with Crippen molar-refractivity contribution < 1.29 is 13.2 Å². The van der Waals surface area contributed by atoms with Crippen LogP contribution in [-0.2, 0) is 28.4 Å². The van der Waals surface area contributed by atoms with Crippen molar-refractivity contribution in [3.8, 4) is 0 Å². The maximum absolute atomic E-state index is 13.1. The third kappa shape index (κ3) is 4.23. The molecule has 1 aromatic heterocycles.